The van der Waals surface area contributed by atoms with E-state index in [9.17, 15) is 4.79 Å². The Kier molecular flexibility index (Phi) is 5.66. The van der Waals surface area contributed by atoms with Crippen molar-refractivity contribution >= 4 is 11.6 Å². The van der Waals surface area contributed by atoms with Gasteiger partial charge in [0.1, 0.15) is 0 Å². The Bertz CT molecular complexity index is 455. The molecule has 1 aliphatic carbocycles. The molecule has 0 saturated heterocycles. The topological polar surface area (TPSA) is 41.1 Å². The van der Waals surface area contributed by atoms with Gasteiger partial charge in [-0.15, -0.1) is 0 Å². The van der Waals surface area contributed by atoms with Crippen LogP contribution in [0.3, 0.4) is 0 Å². The molecular formula is C18H28N2O. The van der Waals surface area contributed by atoms with Crippen LogP contribution in [-0.4, -0.2) is 18.5 Å². The second-order valence-electron chi connectivity index (χ2n) is 6.35. The molecule has 1 aromatic carbocycles. The predicted octanol–water partition coefficient (Wildman–Crippen LogP) is 3.60. The van der Waals surface area contributed by atoms with Crippen molar-refractivity contribution < 1.29 is 4.79 Å². The van der Waals surface area contributed by atoms with E-state index in [1.165, 1.54) is 24.9 Å². The third kappa shape index (κ3) is 4.48. The van der Waals surface area contributed by atoms with E-state index >= 15 is 0 Å². The number of carbonyl (C=O) groups is 1. The summed E-state index contributed by atoms with van der Waals surface area (Å²) in [6.45, 7) is 7.34. The van der Waals surface area contributed by atoms with Gasteiger partial charge in [0.25, 0.3) is 0 Å². The Hall–Kier alpha value is -1.51. The molecule has 1 aliphatic rings. The van der Waals surface area contributed by atoms with E-state index in [2.05, 4.69) is 48.7 Å². The number of hydrogen-bond donors (Lipinski definition) is 2. The number of hydrogen-bond acceptors (Lipinski definition) is 2. The molecule has 3 heteroatoms. The number of benzene rings is 1. The minimum absolute atomic E-state index is 0.0907. The number of amides is 1. The molecule has 21 heavy (non-hydrogen) atoms. The van der Waals surface area contributed by atoms with Crippen LogP contribution in [0.5, 0.6) is 0 Å². The molecule has 3 atom stereocenters. The first-order valence-electron chi connectivity index (χ1n) is 8.22. The first-order chi connectivity index (χ1) is 10.1. The molecular weight excluding hydrogens is 260 g/mol. The molecule has 0 heterocycles. The van der Waals surface area contributed by atoms with Gasteiger partial charge in [-0.25, -0.2) is 0 Å². The number of nitrogens with one attached hydrogen (secondary N) is 2. The Balaban J connectivity index is 1.91. The maximum Gasteiger partial charge on any atom is 0.224 e. The Morgan fingerprint density at radius 1 is 1.19 bits per heavy atom. The van der Waals surface area contributed by atoms with Crippen LogP contribution in [0.25, 0.3) is 0 Å². The van der Waals surface area contributed by atoms with E-state index < -0.39 is 0 Å². The number of carbonyl (C=O) groups excluding carboxylic acids is 1. The average Bonchev–Trinajstić information content (AvgIpc) is 2.46. The van der Waals surface area contributed by atoms with Crippen LogP contribution in [0.1, 0.15) is 45.6 Å². The normalized spacial score (nSPS) is 25.4. The van der Waals surface area contributed by atoms with Crippen molar-refractivity contribution in [2.24, 2.45) is 11.8 Å². The lowest BCUT2D eigenvalue weighted by atomic mass is 9.78. The smallest absolute Gasteiger partial charge is 0.224 e. The van der Waals surface area contributed by atoms with E-state index in [1.807, 2.05) is 6.92 Å². The molecule has 116 valence electrons. The number of rotatable bonds is 5. The molecule has 1 amide bonds. The molecule has 0 spiro atoms. The molecule has 1 aromatic rings. The summed E-state index contributed by atoms with van der Waals surface area (Å²) in [5, 5.41) is 6.50. The molecule has 2 N–H and O–H groups in total. The van der Waals surface area contributed by atoms with Gasteiger partial charge < -0.3 is 10.6 Å². The largest absolute Gasteiger partial charge is 0.382 e. The fourth-order valence-corrected chi connectivity index (χ4v) is 3.16. The fraction of sp³-hybridized carbons (Fsp3) is 0.611. The highest BCUT2D eigenvalue weighted by atomic mass is 16.1. The van der Waals surface area contributed by atoms with E-state index in [1.54, 1.807) is 0 Å². The highest BCUT2D eigenvalue weighted by Crippen LogP contribution is 2.31. The van der Waals surface area contributed by atoms with Crippen molar-refractivity contribution in [1.29, 1.82) is 0 Å². The van der Waals surface area contributed by atoms with Crippen molar-refractivity contribution in [2.45, 2.75) is 52.5 Å². The van der Waals surface area contributed by atoms with Crippen LogP contribution < -0.4 is 10.6 Å². The van der Waals surface area contributed by atoms with Gasteiger partial charge in [-0.05, 0) is 42.9 Å². The summed E-state index contributed by atoms with van der Waals surface area (Å²) in [4.78, 5) is 11.6. The van der Waals surface area contributed by atoms with Gasteiger partial charge in [-0.1, -0.05) is 38.8 Å². The third-order valence-electron chi connectivity index (χ3n) is 4.75. The minimum Gasteiger partial charge on any atom is -0.382 e. The van der Waals surface area contributed by atoms with E-state index in [0.29, 0.717) is 24.9 Å². The molecule has 3 nitrogen and oxygen atoms in total. The number of likely N-dealkylation sites (N-methyl/N-ethyl adjacent to an activating group) is 1. The summed E-state index contributed by atoms with van der Waals surface area (Å²) < 4.78 is 0. The van der Waals surface area contributed by atoms with Gasteiger partial charge >= 0.3 is 0 Å². The zero-order valence-electron chi connectivity index (χ0n) is 13.5. The zero-order chi connectivity index (χ0) is 15.2. The lowest BCUT2D eigenvalue weighted by Gasteiger charge is -2.35. The van der Waals surface area contributed by atoms with Gasteiger partial charge in [-0.3, -0.25) is 4.79 Å². The van der Waals surface area contributed by atoms with Crippen molar-refractivity contribution in [3.8, 4) is 0 Å². The maximum absolute atomic E-state index is 11.6. The molecule has 0 bridgehead atoms. The highest BCUT2D eigenvalue weighted by molar-refractivity contribution is 5.78. The van der Waals surface area contributed by atoms with Crippen molar-refractivity contribution in [3.05, 3.63) is 29.8 Å². The molecule has 1 saturated carbocycles. The first-order valence-corrected chi connectivity index (χ1v) is 8.22. The van der Waals surface area contributed by atoms with Crippen molar-refractivity contribution in [3.63, 3.8) is 0 Å². The molecule has 0 radical (unpaired) electrons. The summed E-state index contributed by atoms with van der Waals surface area (Å²) in [6, 6.07) is 8.87. The van der Waals surface area contributed by atoms with E-state index in [0.717, 1.165) is 11.5 Å². The average molecular weight is 288 g/mol. The summed E-state index contributed by atoms with van der Waals surface area (Å²) in [5.41, 5.74) is 2.23. The van der Waals surface area contributed by atoms with Crippen molar-refractivity contribution in [2.75, 3.05) is 11.9 Å². The predicted molar refractivity (Wildman–Crippen MR) is 88.4 cm³/mol. The Morgan fingerprint density at radius 3 is 2.57 bits per heavy atom. The molecule has 1 fully saturated rings. The third-order valence-corrected chi connectivity index (χ3v) is 4.75. The second kappa shape index (κ2) is 7.48. The van der Waals surface area contributed by atoms with Crippen LogP contribution in [0, 0.1) is 11.8 Å². The van der Waals surface area contributed by atoms with Gasteiger partial charge in [0.15, 0.2) is 0 Å². The zero-order valence-corrected chi connectivity index (χ0v) is 13.5. The molecule has 3 unspecified atom stereocenters. The monoisotopic (exact) mass is 288 g/mol. The van der Waals surface area contributed by atoms with E-state index in [-0.39, 0.29) is 5.91 Å². The Morgan fingerprint density at radius 2 is 1.90 bits per heavy atom. The van der Waals surface area contributed by atoms with Crippen LogP contribution in [-0.2, 0) is 11.2 Å². The quantitative estimate of drug-likeness (QED) is 0.869. The summed E-state index contributed by atoms with van der Waals surface area (Å²) in [6.07, 6.45) is 4.39. The SMILES string of the molecule is CCNC(=O)Cc1ccc(NC2CCCC(C)C2C)cc1. The standard InChI is InChI=1S/C18H28N2O/c1-4-19-18(21)12-15-8-10-16(11-9-15)20-17-7-5-6-13(2)14(17)3/h8-11,13-14,17,20H,4-7,12H2,1-3H3,(H,19,21). The number of anilines is 1. The summed E-state index contributed by atoms with van der Waals surface area (Å²) in [7, 11) is 0. The lowest BCUT2D eigenvalue weighted by Crippen LogP contribution is -2.34. The second-order valence-corrected chi connectivity index (χ2v) is 6.35. The van der Waals surface area contributed by atoms with Gasteiger partial charge in [-0.2, -0.15) is 0 Å². The van der Waals surface area contributed by atoms with Crippen LogP contribution in [0.4, 0.5) is 5.69 Å². The Labute approximate surface area is 128 Å². The van der Waals surface area contributed by atoms with Crippen molar-refractivity contribution in [1.82, 2.24) is 5.32 Å². The van der Waals surface area contributed by atoms with Gasteiger partial charge in [0, 0.05) is 18.3 Å². The van der Waals surface area contributed by atoms with E-state index in [4.69, 9.17) is 0 Å². The highest BCUT2D eigenvalue weighted by Gasteiger charge is 2.26. The molecule has 0 aromatic heterocycles. The lowest BCUT2D eigenvalue weighted by molar-refractivity contribution is -0.120. The summed E-state index contributed by atoms with van der Waals surface area (Å²) in [5.74, 6) is 1.61. The van der Waals surface area contributed by atoms with Crippen LogP contribution in [0.15, 0.2) is 24.3 Å². The van der Waals surface area contributed by atoms with Crippen LogP contribution in [0.2, 0.25) is 0 Å². The maximum atomic E-state index is 11.6. The first kappa shape index (κ1) is 15.9. The fourth-order valence-electron chi connectivity index (χ4n) is 3.16. The van der Waals surface area contributed by atoms with Gasteiger partial charge in [0.05, 0.1) is 6.42 Å². The summed E-state index contributed by atoms with van der Waals surface area (Å²) >= 11 is 0. The molecule has 2 rings (SSSR count). The molecule has 0 aliphatic heterocycles. The van der Waals surface area contributed by atoms with Crippen LogP contribution >= 0.6 is 0 Å². The van der Waals surface area contributed by atoms with Gasteiger partial charge in [0.2, 0.25) is 5.91 Å². The minimum atomic E-state index is 0.0907.